The molecule has 1 aromatic carbocycles. The Bertz CT molecular complexity index is 660. The maximum atomic E-state index is 12.2. The van der Waals surface area contributed by atoms with Crippen molar-refractivity contribution in [2.24, 2.45) is 4.99 Å². The quantitative estimate of drug-likeness (QED) is 0.279. The van der Waals surface area contributed by atoms with Crippen molar-refractivity contribution < 1.29 is 4.79 Å². The molecule has 1 aliphatic rings. The first-order valence-corrected chi connectivity index (χ1v) is 10.5. The highest BCUT2D eigenvalue weighted by atomic mass is 127. The Morgan fingerprint density at radius 1 is 1.32 bits per heavy atom. The Labute approximate surface area is 194 Å². The molecule has 1 amide bonds. The van der Waals surface area contributed by atoms with Gasteiger partial charge < -0.3 is 20.9 Å². The highest BCUT2D eigenvalue weighted by Crippen LogP contribution is 2.20. The smallest absolute Gasteiger partial charge is 0.226 e. The van der Waals surface area contributed by atoms with Crippen LogP contribution in [0.25, 0.3) is 0 Å². The molecule has 1 heterocycles. The van der Waals surface area contributed by atoms with Gasteiger partial charge in [0.25, 0.3) is 0 Å². The largest absolute Gasteiger partial charge is 0.356 e. The van der Waals surface area contributed by atoms with Crippen LogP contribution in [0.4, 0.5) is 5.69 Å². The summed E-state index contributed by atoms with van der Waals surface area (Å²) < 4.78 is 0.953. The summed E-state index contributed by atoms with van der Waals surface area (Å²) in [5, 5.41) is 9.69. The van der Waals surface area contributed by atoms with Crippen molar-refractivity contribution in [3.05, 3.63) is 28.2 Å². The average molecular weight is 566 g/mol. The fourth-order valence-electron chi connectivity index (χ4n) is 3.18. The van der Waals surface area contributed by atoms with E-state index in [0.29, 0.717) is 25.0 Å². The standard InChI is InChI=1S/C20H32BrN5O.HI/c1-14(2)26-11-8-17(9-12-26)24-20(22-4)23-10-7-19(27)25-18-13-16(21)6-5-15(18)3;/h5-6,13-14,17H,7-12H2,1-4H3,(H,25,27)(H2,22,23,24);1H. The number of carbonyl (C=O) groups is 1. The summed E-state index contributed by atoms with van der Waals surface area (Å²) in [5.41, 5.74) is 1.89. The lowest BCUT2D eigenvalue weighted by Gasteiger charge is -2.35. The van der Waals surface area contributed by atoms with Crippen LogP contribution in [-0.4, -0.2) is 55.5 Å². The van der Waals surface area contributed by atoms with E-state index in [9.17, 15) is 4.79 Å². The molecule has 0 radical (unpaired) electrons. The number of aliphatic imine (C=N–C) groups is 1. The highest BCUT2D eigenvalue weighted by Gasteiger charge is 2.21. The topological polar surface area (TPSA) is 68.8 Å². The number of nitrogens with zero attached hydrogens (tertiary/aromatic N) is 2. The normalized spacial score (nSPS) is 15.9. The van der Waals surface area contributed by atoms with Gasteiger partial charge in [0.05, 0.1) is 0 Å². The van der Waals surface area contributed by atoms with Crippen LogP contribution in [0, 0.1) is 6.92 Å². The molecule has 1 fully saturated rings. The molecule has 1 aromatic rings. The van der Waals surface area contributed by atoms with E-state index in [1.807, 2.05) is 25.1 Å². The van der Waals surface area contributed by atoms with Gasteiger partial charge in [-0.2, -0.15) is 0 Å². The van der Waals surface area contributed by atoms with Crippen molar-refractivity contribution in [1.29, 1.82) is 0 Å². The summed E-state index contributed by atoms with van der Waals surface area (Å²) in [6.45, 7) is 9.24. The Morgan fingerprint density at radius 3 is 2.61 bits per heavy atom. The molecule has 8 heteroatoms. The number of aryl methyl sites for hydroxylation is 1. The van der Waals surface area contributed by atoms with Gasteiger partial charge in [0.1, 0.15) is 0 Å². The number of halogens is 2. The molecule has 0 aliphatic carbocycles. The van der Waals surface area contributed by atoms with Gasteiger partial charge in [0, 0.05) is 55.3 Å². The lowest BCUT2D eigenvalue weighted by Crippen LogP contribution is -2.50. The molecule has 0 atom stereocenters. The van der Waals surface area contributed by atoms with Crippen LogP contribution in [-0.2, 0) is 4.79 Å². The zero-order valence-electron chi connectivity index (χ0n) is 17.2. The van der Waals surface area contributed by atoms with Crippen molar-refractivity contribution in [2.45, 2.75) is 52.1 Å². The zero-order valence-corrected chi connectivity index (χ0v) is 21.1. The molecule has 1 saturated heterocycles. The Hall–Kier alpha value is -0.870. The Morgan fingerprint density at radius 2 is 2.00 bits per heavy atom. The summed E-state index contributed by atoms with van der Waals surface area (Å²) in [6.07, 6.45) is 2.61. The number of rotatable bonds is 6. The van der Waals surface area contributed by atoms with Gasteiger partial charge in [-0.1, -0.05) is 22.0 Å². The highest BCUT2D eigenvalue weighted by molar-refractivity contribution is 14.0. The van der Waals surface area contributed by atoms with Crippen LogP contribution >= 0.6 is 39.9 Å². The molecule has 158 valence electrons. The molecule has 0 spiro atoms. The third-order valence-electron chi connectivity index (χ3n) is 4.94. The molecule has 0 saturated carbocycles. The summed E-state index contributed by atoms with van der Waals surface area (Å²) in [6, 6.07) is 6.91. The summed E-state index contributed by atoms with van der Waals surface area (Å²) >= 11 is 3.44. The lowest BCUT2D eigenvalue weighted by atomic mass is 10.0. The van der Waals surface area contributed by atoms with Gasteiger partial charge >= 0.3 is 0 Å². The van der Waals surface area contributed by atoms with Gasteiger partial charge in [-0.25, -0.2) is 0 Å². The second-order valence-corrected chi connectivity index (χ2v) is 8.22. The maximum absolute atomic E-state index is 12.2. The number of hydrogen-bond donors (Lipinski definition) is 3. The number of hydrogen-bond acceptors (Lipinski definition) is 3. The molecule has 0 unspecified atom stereocenters. The predicted molar refractivity (Wildman–Crippen MR) is 132 cm³/mol. The first kappa shape index (κ1) is 25.2. The van der Waals surface area contributed by atoms with Crippen molar-refractivity contribution >= 4 is 57.5 Å². The number of piperidine rings is 1. The van der Waals surface area contributed by atoms with Crippen LogP contribution in [0.5, 0.6) is 0 Å². The number of amides is 1. The lowest BCUT2D eigenvalue weighted by molar-refractivity contribution is -0.116. The number of likely N-dealkylation sites (tertiary alicyclic amines) is 1. The third-order valence-corrected chi connectivity index (χ3v) is 5.44. The number of nitrogens with one attached hydrogen (secondary N) is 3. The minimum atomic E-state index is -0.00982. The van der Waals surface area contributed by atoms with Crippen molar-refractivity contribution in [3.8, 4) is 0 Å². The predicted octanol–water partition coefficient (Wildman–Crippen LogP) is 3.74. The minimum absolute atomic E-state index is 0. The fourth-order valence-corrected chi connectivity index (χ4v) is 3.55. The van der Waals surface area contributed by atoms with Crippen molar-refractivity contribution in [1.82, 2.24) is 15.5 Å². The fraction of sp³-hybridized carbons (Fsp3) is 0.600. The van der Waals surface area contributed by atoms with E-state index in [2.05, 4.69) is 55.6 Å². The van der Waals surface area contributed by atoms with E-state index in [0.717, 1.165) is 47.6 Å². The van der Waals surface area contributed by atoms with E-state index in [1.54, 1.807) is 7.05 Å². The number of anilines is 1. The molecule has 0 bridgehead atoms. The Balaban J connectivity index is 0.00000392. The molecule has 0 aromatic heterocycles. The van der Waals surface area contributed by atoms with Gasteiger partial charge in [-0.05, 0) is 51.3 Å². The van der Waals surface area contributed by atoms with Crippen LogP contribution in [0.1, 0.15) is 38.7 Å². The van der Waals surface area contributed by atoms with E-state index >= 15 is 0 Å². The van der Waals surface area contributed by atoms with E-state index in [4.69, 9.17) is 0 Å². The molecular weight excluding hydrogens is 533 g/mol. The molecule has 1 aliphatic heterocycles. The third kappa shape index (κ3) is 8.24. The molecule has 2 rings (SSSR count). The van der Waals surface area contributed by atoms with Crippen LogP contribution in [0.15, 0.2) is 27.7 Å². The molecule has 3 N–H and O–H groups in total. The first-order chi connectivity index (χ1) is 12.9. The number of guanidine groups is 1. The summed E-state index contributed by atoms with van der Waals surface area (Å²) in [7, 11) is 1.77. The summed E-state index contributed by atoms with van der Waals surface area (Å²) in [5.74, 6) is 0.758. The number of carbonyl (C=O) groups excluding carboxylic acids is 1. The monoisotopic (exact) mass is 565 g/mol. The minimum Gasteiger partial charge on any atom is -0.356 e. The Kier molecular flexibility index (Phi) is 11.4. The van der Waals surface area contributed by atoms with Gasteiger partial charge in [0.2, 0.25) is 5.91 Å². The second kappa shape index (κ2) is 12.6. The first-order valence-electron chi connectivity index (χ1n) is 9.66. The van der Waals surface area contributed by atoms with E-state index in [1.165, 1.54) is 0 Å². The molecular formula is C20H33BrIN5O. The number of benzene rings is 1. The average Bonchev–Trinajstić information content (AvgIpc) is 2.64. The second-order valence-electron chi connectivity index (χ2n) is 7.30. The van der Waals surface area contributed by atoms with E-state index in [-0.39, 0.29) is 29.9 Å². The molecule has 28 heavy (non-hydrogen) atoms. The zero-order chi connectivity index (χ0) is 19.8. The van der Waals surface area contributed by atoms with Crippen molar-refractivity contribution in [2.75, 3.05) is 32.0 Å². The van der Waals surface area contributed by atoms with Crippen LogP contribution < -0.4 is 16.0 Å². The van der Waals surface area contributed by atoms with Gasteiger partial charge in [-0.3, -0.25) is 9.79 Å². The van der Waals surface area contributed by atoms with Gasteiger partial charge in [-0.15, -0.1) is 24.0 Å². The van der Waals surface area contributed by atoms with E-state index < -0.39 is 0 Å². The maximum Gasteiger partial charge on any atom is 0.226 e. The van der Waals surface area contributed by atoms with Crippen molar-refractivity contribution in [3.63, 3.8) is 0 Å². The van der Waals surface area contributed by atoms with Crippen LogP contribution in [0.3, 0.4) is 0 Å². The van der Waals surface area contributed by atoms with Gasteiger partial charge in [0.15, 0.2) is 5.96 Å². The molecule has 6 nitrogen and oxygen atoms in total. The van der Waals surface area contributed by atoms with Crippen LogP contribution in [0.2, 0.25) is 0 Å². The summed E-state index contributed by atoms with van der Waals surface area (Å²) in [4.78, 5) is 19.0. The SMILES string of the molecule is CN=C(NCCC(=O)Nc1cc(Br)ccc1C)NC1CCN(C(C)C)CC1.I.